The maximum absolute atomic E-state index is 11.9. The Labute approximate surface area is 93.4 Å². The minimum Gasteiger partial charge on any atom is -0.297 e. The van der Waals surface area contributed by atoms with Crippen LogP contribution in [0.1, 0.15) is 25.7 Å². The van der Waals surface area contributed by atoms with Crippen molar-refractivity contribution >= 4 is 0 Å². The minimum atomic E-state index is -0.0255. The lowest BCUT2D eigenvalue weighted by atomic mass is 10.4. The van der Waals surface area contributed by atoms with E-state index >= 15 is 0 Å². The van der Waals surface area contributed by atoms with Gasteiger partial charge in [0.1, 0.15) is 5.82 Å². The standard InChI is InChI=1S/C11H14N4O/c1-9(2)15-7-6-14(11(15)16)8-10-12-4-3-5-13-10/h3-7,9H,8H2,1-2H3. The van der Waals surface area contributed by atoms with Crippen LogP contribution in [-0.4, -0.2) is 19.1 Å². The summed E-state index contributed by atoms with van der Waals surface area (Å²) >= 11 is 0. The van der Waals surface area contributed by atoms with E-state index in [2.05, 4.69) is 9.97 Å². The predicted molar refractivity (Wildman–Crippen MR) is 60.2 cm³/mol. The molecule has 84 valence electrons. The molecule has 0 N–H and O–H groups in total. The zero-order valence-electron chi connectivity index (χ0n) is 9.37. The molecule has 0 aliphatic carbocycles. The van der Waals surface area contributed by atoms with Crippen LogP contribution in [-0.2, 0) is 6.54 Å². The lowest BCUT2D eigenvalue weighted by molar-refractivity contribution is 0.558. The van der Waals surface area contributed by atoms with Crippen LogP contribution in [0.15, 0.2) is 35.6 Å². The second-order valence-electron chi connectivity index (χ2n) is 3.87. The fourth-order valence-corrected chi connectivity index (χ4v) is 1.51. The SMILES string of the molecule is CC(C)n1ccn(Cc2ncccn2)c1=O. The van der Waals surface area contributed by atoms with Crippen molar-refractivity contribution in [3.63, 3.8) is 0 Å². The van der Waals surface area contributed by atoms with Crippen molar-refractivity contribution in [1.82, 2.24) is 19.1 Å². The summed E-state index contributed by atoms with van der Waals surface area (Å²) in [6, 6.07) is 1.93. The third-order valence-electron chi connectivity index (χ3n) is 2.36. The fourth-order valence-electron chi connectivity index (χ4n) is 1.51. The third-order valence-corrected chi connectivity index (χ3v) is 2.36. The highest BCUT2D eigenvalue weighted by molar-refractivity contribution is 4.92. The van der Waals surface area contributed by atoms with Crippen molar-refractivity contribution in [1.29, 1.82) is 0 Å². The van der Waals surface area contributed by atoms with Gasteiger partial charge in [-0.05, 0) is 19.9 Å². The van der Waals surface area contributed by atoms with E-state index < -0.39 is 0 Å². The smallest absolute Gasteiger partial charge is 0.297 e. The molecule has 0 aromatic carbocycles. The zero-order valence-corrected chi connectivity index (χ0v) is 9.37. The summed E-state index contributed by atoms with van der Waals surface area (Å²) in [6.07, 6.45) is 6.90. The Hall–Kier alpha value is -1.91. The number of hydrogen-bond donors (Lipinski definition) is 0. The summed E-state index contributed by atoms with van der Waals surface area (Å²) in [4.78, 5) is 20.1. The summed E-state index contributed by atoms with van der Waals surface area (Å²) in [5, 5.41) is 0. The largest absolute Gasteiger partial charge is 0.328 e. The average molecular weight is 218 g/mol. The molecule has 0 aliphatic heterocycles. The molecule has 2 aromatic heterocycles. The third kappa shape index (κ3) is 2.03. The molecule has 0 atom stereocenters. The van der Waals surface area contributed by atoms with Gasteiger partial charge in [0, 0.05) is 30.8 Å². The Bertz CT molecular complexity index is 512. The van der Waals surface area contributed by atoms with E-state index in [1.54, 1.807) is 40.0 Å². The molecule has 0 spiro atoms. The number of aromatic nitrogens is 4. The Morgan fingerprint density at radius 3 is 2.50 bits per heavy atom. The average Bonchev–Trinajstić information content (AvgIpc) is 2.62. The lowest BCUT2D eigenvalue weighted by Crippen LogP contribution is -2.26. The first-order valence-corrected chi connectivity index (χ1v) is 5.21. The molecule has 5 heteroatoms. The summed E-state index contributed by atoms with van der Waals surface area (Å²) < 4.78 is 3.29. The molecule has 5 nitrogen and oxygen atoms in total. The molecule has 0 radical (unpaired) electrons. The van der Waals surface area contributed by atoms with Gasteiger partial charge in [-0.1, -0.05) is 0 Å². The van der Waals surface area contributed by atoms with Gasteiger partial charge in [-0.3, -0.25) is 9.13 Å². The first-order valence-electron chi connectivity index (χ1n) is 5.21. The van der Waals surface area contributed by atoms with Crippen molar-refractivity contribution in [3.05, 3.63) is 47.2 Å². The zero-order chi connectivity index (χ0) is 11.5. The fraction of sp³-hybridized carbons (Fsp3) is 0.364. The van der Waals surface area contributed by atoms with Crippen LogP contribution in [0.4, 0.5) is 0 Å². The molecular formula is C11H14N4O. The van der Waals surface area contributed by atoms with Crippen LogP contribution in [0.25, 0.3) is 0 Å². The summed E-state index contributed by atoms with van der Waals surface area (Å²) in [5.74, 6) is 0.645. The summed E-state index contributed by atoms with van der Waals surface area (Å²) in [7, 11) is 0. The van der Waals surface area contributed by atoms with Crippen LogP contribution >= 0.6 is 0 Å². The van der Waals surface area contributed by atoms with Crippen molar-refractivity contribution < 1.29 is 0 Å². The van der Waals surface area contributed by atoms with E-state index in [0.29, 0.717) is 12.4 Å². The Morgan fingerprint density at radius 2 is 1.94 bits per heavy atom. The van der Waals surface area contributed by atoms with E-state index in [0.717, 1.165) is 0 Å². The molecule has 2 rings (SSSR count). The second-order valence-corrected chi connectivity index (χ2v) is 3.87. The van der Waals surface area contributed by atoms with E-state index in [1.165, 1.54) is 0 Å². The van der Waals surface area contributed by atoms with Crippen molar-refractivity contribution in [2.24, 2.45) is 0 Å². The van der Waals surface area contributed by atoms with Gasteiger partial charge in [0.2, 0.25) is 0 Å². The van der Waals surface area contributed by atoms with Crippen LogP contribution < -0.4 is 5.69 Å². The highest BCUT2D eigenvalue weighted by Gasteiger charge is 2.06. The highest BCUT2D eigenvalue weighted by atomic mass is 16.1. The van der Waals surface area contributed by atoms with Crippen molar-refractivity contribution in [3.8, 4) is 0 Å². The van der Waals surface area contributed by atoms with E-state index in [9.17, 15) is 4.79 Å². The monoisotopic (exact) mass is 218 g/mol. The lowest BCUT2D eigenvalue weighted by Gasteiger charge is -2.04. The van der Waals surface area contributed by atoms with E-state index in [4.69, 9.17) is 0 Å². The van der Waals surface area contributed by atoms with Crippen LogP contribution in [0.3, 0.4) is 0 Å². The predicted octanol–water partition coefficient (Wildman–Crippen LogP) is 1.07. The van der Waals surface area contributed by atoms with Crippen LogP contribution in [0, 0.1) is 0 Å². The van der Waals surface area contributed by atoms with E-state index in [-0.39, 0.29) is 11.7 Å². The van der Waals surface area contributed by atoms with Gasteiger partial charge in [0.25, 0.3) is 0 Å². The van der Waals surface area contributed by atoms with Gasteiger partial charge in [0.15, 0.2) is 0 Å². The van der Waals surface area contributed by atoms with Gasteiger partial charge in [-0.2, -0.15) is 0 Å². The Kier molecular flexibility index (Phi) is 2.85. The van der Waals surface area contributed by atoms with Gasteiger partial charge >= 0.3 is 5.69 Å². The topological polar surface area (TPSA) is 52.7 Å². The maximum atomic E-state index is 11.9. The molecule has 0 aliphatic rings. The molecule has 0 amide bonds. The number of rotatable bonds is 3. The van der Waals surface area contributed by atoms with E-state index in [1.807, 2.05) is 13.8 Å². The first-order chi connectivity index (χ1) is 7.68. The van der Waals surface area contributed by atoms with Gasteiger partial charge in [-0.25, -0.2) is 14.8 Å². The van der Waals surface area contributed by atoms with Gasteiger partial charge < -0.3 is 0 Å². The first kappa shape index (κ1) is 10.6. The van der Waals surface area contributed by atoms with Crippen LogP contribution in [0.2, 0.25) is 0 Å². The quantitative estimate of drug-likeness (QED) is 0.774. The minimum absolute atomic E-state index is 0.0255. The highest BCUT2D eigenvalue weighted by Crippen LogP contribution is 2.00. The number of imidazole rings is 1. The molecule has 0 unspecified atom stereocenters. The maximum Gasteiger partial charge on any atom is 0.328 e. The molecule has 2 heterocycles. The van der Waals surface area contributed by atoms with Gasteiger partial charge in [-0.15, -0.1) is 0 Å². The molecule has 0 saturated heterocycles. The summed E-state index contributed by atoms with van der Waals surface area (Å²) in [6.45, 7) is 4.37. The summed E-state index contributed by atoms with van der Waals surface area (Å²) in [5.41, 5.74) is -0.0255. The second kappa shape index (κ2) is 4.30. The molecule has 0 bridgehead atoms. The van der Waals surface area contributed by atoms with Gasteiger partial charge in [0.05, 0.1) is 6.54 Å². The van der Waals surface area contributed by atoms with Crippen LogP contribution in [0.5, 0.6) is 0 Å². The Balaban J connectivity index is 2.27. The van der Waals surface area contributed by atoms with Crippen molar-refractivity contribution in [2.45, 2.75) is 26.4 Å². The Morgan fingerprint density at radius 1 is 1.25 bits per heavy atom. The molecular weight excluding hydrogens is 204 g/mol. The molecule has 0 fully saturated rings. The molecule has 2 aromatic rings. The number of hydrogen-bond acceptors (Lipinski definition) is 3. The molecule has 16 heavy (non-hydrogen) atoms. The normalized spacial score (nSPS) is 10.9. The van der Waals surface area contributed by atoms with Crippen molar-refractivity contribution in [2.75, 3.05) is 0 Å². The molecule has 0 saturated carbocycles. The number of nitrogens with zero attached hydrogens (tertiary/aromatic N) is 4.